The number of nitrogens with zero attached hydrogens (tertiary/aromatic N) is 1. The van der Waals surface area contributed by atoms with Crippen LogP contribution in [0.1, 0.15) is 40.0 Å². The molecule has 0 atom stereocenters. The van der Waals surface area contributed by atoms with Gasteiger partial charge in [0.15, 0.2) is 0 Å². The summed E-state index contributed by atoms with van der Waals surface area (Å²) in [4.78, 5) is 13.8. The van der Waals surface area contributed by atoms with Crippen LogP contribution in [0.2, 0.25) is 19.6 Å². The second kappa shape index (κ2) is 6.86. The molecule has 0 spiro atoms. The highest BCUT2D eigenvalue weighted by Gasteiger charge is 2.27. The van der Waals surface area contributed by atoms with E-state index in [1.165, 1.54) is 0 Å². The van der Waals surface area contributed by atoms with Crippen molar-refractivity contribution >= 4 is 14.4 Å². The average Bonchev–Trinajstić information content (AvgIpc) is 2.24. The Balaban J connectivity index is 2.35. The molecular weight excluding hydrogens is 282 g/mol. The van der Waals surface area contributed by atoms with Crippen molar-refractivity contribution in [3.05, 3.63) is 12.3 Å². The molecule has 1 aliphatic rings. The normalized spacial score (nSPS) is 17.5. The lowest BCUT2D eigenvalue weighted by Crippen LogP contribution is -2.41. The van der Waals surface area contributed by atoms with E-state index in [0.717, 1.165) is 38.1 Å². The molecule has 122 valence electrons. The van der Waals surface area contributed by atoms with E-state index in [1.54, 1.807) is 0 Å². The molecule has 0 aromatic rings. The molecule has 0 aromatic carbocycles. The van der Waals surface area contributed by atoms with Crippen LogP contribution in [-0.4, -0.2) is 38.0 Å². The van der Waals surface area contributed by atoms with E-state index >= 15 is 0 Å². The quantitative estimate of drug-likeness (QED) is 0.571. The van der Waals surface area contributed by atoms with Gasteiger partial charge in [-0.1, -0.05) is 6.58 Å². The maximum absolute atomic E-state index is 12.0. The monoisotopic (exact) mass is 313 g/mol. The minimum absolute atomic E-state index is 0.196. The van der Waals surface area contributed by atoms with Gasteiger partial charge in [0.25, 0.3) is 0 Å². The lowest BCUT2D eigenvalue weighted by Gasteiger charge is -2.34. The number of hydrogen-bond acceptors (Lipinski definition) is 3. The minimum Gasteiger partial charge on any atom is -0.548 e. The minimum atomic E-state index is -1.55. The fourth-order valence-corrected chi connectivity index (χ4v) is 3.39. The van der Waals surface area contributed by atoms with Gasteiger partial charge < -0.3 is 14.1 Å². The molecule has 0 aliphatic carbocycles. The molecule has 0 bridgehead atoms. The van der Waals surface area contributed by atoms with E-state index in [4.69, 9.17) is 9.16 Å². The molecule has 1 heterocycles. The largest absolute Gasteiger partial charge is 0.548 e. The predicted octanol–water partition coefficient (Wildman–Crippen LogP) is 4.39. The molecule has 0 saturated carbocycles. The summed E-state index contributed by atoms with van der Waals surface area (Å²) >= 11 is 0. The smallest absolute Gasteiger partial charge is 0.410 e. The topological polar surface area (TPSA) is 38.8 Å². The van der Waals surface area contributed by atoms with Crippen LogP contribution in [0.5, 0.6) is 0 Å². The number of likely N-dealkylation sites (tertiary alicyclic amines) is 1. The molecule has 1 saturated heterocycles. The van der Waals surface area contributed by atoms with Gasteiger partial charge in [-0.05, 0) is 59.2 Å². The molecule has 1 amide bonds. The van der Waals surface area contributed by atoms with E-state index in [1.807, 2.05) is 25.7 Å². The highest BCUT2D eigenvalue weighted by atomic mass is 28.4. The fourth-order valence-electron chi connectivity index (χ4n) is 2.44. The summed E-state index contributed by atoms with van der Waals surface area (Å²) in [6, 6.07) is 0. The molecule has 0 unspecified atom stereocenters. The van der Waals surface area contributed by atoms with Gasteiger partial charge in [-0.2, -0.15) is 0 Å². The fraction of sp³-hybridized carbons (Fsp3) is 0.812. The van der Waals surface area contributed by atoms with Crippen molar-refractivity contribution in [1.82, 2.24) is 4.90 Å². The Bertz CT molecular complexity index is 374. The highest BCUT2D eigenvalue weighted by Crippen LogP contribution is 2.26. The number of carbonyl (C=O) groups excluding carboxylic acids is 1. The van der Waals surface area contributed by atoms with E-state index in [0.29, 0.717) is 5.92 Å². The first kappa shape index (κ1) is 18.1. The van der Waals surface area contributed by atoms with Crippen molar-refractivity contribution in [3.8, 4) is 0 Å². The summed E-state index contributed by atoms with van der Waals surface area (Å²) in [6.07, 6.45) is 2.70. The van der Waals surface area contributed by atoms with E-state index in [2.05, 4.69) is 26.2 Å². The number of piperidine rings is 1. The Morgan fingerprint density at radius 1 is 1.24 bits per heavy atom. The molecule has 0 radical (unpaired) electrons. The molecule has 5 heteroatoms. The van der Waals surface area contributed by atoms with Crippen molar-refractivity contribution in [2.45, 2.75) is 65.3 Å². The van der Waals surface area contributed by atoms with E-state index in [9.17, 15) is 4.79 Å². The molecule has 0 N–H and O–H groups in total. The summed E-state index contributed by atoms with van der Waals surface area (Å²) in [7, 11) is -1.55. The van der Waals surface area contributed by atoms with Crippen LogP contribution in [0.4, 0.5) is 4.79 Å². The van der Waals surface area contributed by atoms with E-state index < -0.39 is 13.9 Å². The number of carbonyl (C=O) groups is 1. The van der Waals surface area contributed by atoms with E-state index in [-0.39, 0.29) is 6.09 Å². The standard InChI is InChI=1S/C16H31NO3Si/c1-13(20-21(5,6)7)12-14-8-10-17(11-9-14)15(18)19-16(2,3)4/h14H,1,8-12H2,2-7H3. The Kier molecular flexibility index (Phi) is 5.90. The van der Waals surface area contributed by atoms with Crippen LogP contribution < -0.4 is 0 Å². The van der Waals surface area contributed by atoms with Crippen LogP contribution in [-0.2, 0) is 9.16 Å². The van der Waals surface area contributed by atoms with Crippen LogP contribution in [0.3, 0.4) is 0 Å². The second-order valence-electron chi connectivity index (χ2n) is 7.87. The summed E-state index contributed by atoms with van der Waals surface area (Å²) in [5.74, 6) is 1.47. The molecule has 4 nitrogen and oxygen atoms in total. The molecule has 0 aromatic heterocycles. The van der Waals surface area contributed by atoms with Gasteiger partial charge >= 0.3 is 6.09 Å². The van der Waals surface area contributed by atoms with Crippen molar-refractivity contribution < 1.29 is 14.0 Å². The van der Waals surface area contributed by atoms with Gasteiger partial charge in [0.05, 0.1) is 5.76 Å². The number of amides is 1. The molecule has 1 rings (SSSR count). The maximum atomic E-state index is 12.0. The summed E-state index contributed by atoms with van der Waals surface area (Å²) in [6.45, 7) is 17.8. The van der Waals surface area contributed by atoms with Crippen LogP contribution >= 0.6 is 0 Å². The lowest BCUT2D eigenvalue weighted by molar-refractivity contribution is 0.0182. The number of allylic oxidation sites excluding steroid dienone is 1. The van der Waals surface area contributed by atoms with Crippen molar-refractivity contribution in [2.75, 3.05) is 13.1 Å². The first-order chi connectivity index (χ1) is 9.46. The third kappa shape index (κ3) is 7.55. The third-order valence-corrected chi connectivity index (χ3v) is 4.13. The van der Waals surface area contributed by atoms with Crippen LogP contribution in [0.15, 0.2) is 12.3 Å². The second-order valence-corrected chi connectivity index (χ2v) is 12.3. The van der Waals surface area contributed by atoms with Gasteiger partial charge in [-0.15, -0.1) is 0 Å². The Morgan fingerprint density at radius 3 is 2.19 bits per heavy atom. The summed E-state index contributed by atoms with van der Waals surface area (Å²) < 4.78 is 11.3. The number of rotatable bonds is 4. The Hall–Kier alpha value is -0.973. The zero-order chi connectivity index (χ0) is 16.3. The Morgan fingerprint density at radius 2 is 1.76 bits per heavy atom. The lowest BCUT2D eigenvalue weighted by atomic mass is 9.93. The third-order valence-electron chi connectivity index (χ3n) is 3.23. The number of hydrogen-bond donors (Lipinski definition) is 0. The summed E-state index contributed by atoms with van der Waals surface area (Å²) in [5, 5.41) is 0. The zero-order valence-electron chi connectivity index (χ0n) is 14.5. The highest BCUT2D eigenvalue weighted by molar-refractivity contribution is 6.70. The van der Waals surface area contributed by atoms with Gasteiger partial charge in [-0.3, -0.25) is 0 Å². The van der Waals surface area contributed by atoms with Gasteiger partial charge in [-0.25, -0.2) is 4.79 Å². The van der Waals surface area contributed by atoms with Crippen LogP contribution in [0, 0.1) is 5.92 Å². The van der Waals surface area contributed by atoms with Gasteiger partial charge in [0.2, 0.25) is 8.32 Å². The SMILES string of the molecule is C=C(CC1CCN(C(=O)OC(C)(C)C)CC1)O[Si](C)(C)C. The van der Waals surface area contributed by atoms with Crippen LogP contribution in [0.25, 0.3) is 0 Å². The first-order valence-corrected chi connectivity index (χ1v) is 11.2. The molecule has 1 fully saturated rings. The Labute approximate surface area is 130 Å². The predicted molar refractivity (Wildman–Crippen MR) is 88.7 cm³/mol. The molecule has 1 aliphatic heterocycles. The average molecular weight is 314 g/mol. The van der Waals surface area contributed by atoms with Gasteiger partial charge in [0, 0.05) is 19.5 Å². The first-order valence-electron chi connectivity index (χ1n) is 7.81. The van der Waals surface area contributed by atoms with Crippen molar-refractivity contribution in [2.24, 2.45) is 5.92 Å². The molecule has 21 heavy (non-hydrogen) atoms. The maximum Gasteiger partial charge on any atom is 0.410 e. The van der Waals surface area contributed by atoms with Crippen molar-refractivity contribution in [1.29, 1.82) is 0 Å². The molecular formula is C16H31NO3Si. The summed E-state index contributed by atoms with van der Waals surface area (Å²) in [5.41, 5.74) is -0.423. The van der Waals surface area contributed by atoms with Gasteiger partial charge in [0.1, 0.15) is 5.60 Å². The number of ether oxygens (including phenoxy) is 1. The zero-order valence-corrected chi connectivity index (χ0v) is 15.5. The van der Waals surface area contributed by atoms with Crippen molar-refractivity contribution in [3.63, 3.8) is 0 Å².